The van der Waals surface area contributed by atoms with Gasteiger partial charge in [-0.2, -0.15) is 0 Å². The lowest BCUT2D eigenvalue weighted by Gasteiger charge is -2.32. The molecule has 0 spiro atoms. The van der Waals surface area contributed by atoms with Gasteiger partial charge in [0.25, 0.3) is 0 Å². The fourth-order valence-electron chi connectivity index (χ4n) is 3.48. The van der Waals surface area contributed by atoms with Crippen LogP contribution in [-0.2, 0) is 11.2 Å². The van der Waals surface area contributed by atoms with Gasteiger partial charge in [-0.05, 0) is 7.05 Å². The van der Waals surface area contributed by atoms with Crippen LogP contribution in [0.25, 0.3) is 22.6 Å². The Morgan fingerprint density at radius 1 is 0.929 bits per heavy atom. The topological polar surface area (TPSA) is 49.6 Å². The zero-order valence-corrected chi connectivity index (χ0v) is 16.2. The minimum absolute atomic E-state index is 0.175. The molecule has 1 aliphatic rings. The number of carbonyl (C=O) groups is 1. The molecule has 0 radical (unpaired) electrons. The zero-order chi connectivity index (χ0) is 19.3. The molecule has 1 fully saturated rings. The van der Waals surface area contributed by atoms with Crippen LogP contribution in [-0.4, -0.2) is 53.9 Å². The second kappa shape index (κ2) is 8.40. The number of oxazole rings is 1. The summed E-state index contributed by atoms with van der Waals surface area (Å²) in [5, 5.41) is 0. The number of hydrogen-bond acceptors (Lipinski definition) is 4. The Labute approximate surface area is 165 Å². The van der Waals surface area contributed by atoms with Crippen molar-refractivity contribution in [3.8, 4) is 22.6 Å². The largest absolute Gasteiger partial charge is 0.440 e. The van der Waals surface area contributed by atoms with Crippen LogP contribution >= 0.6 is 0 Å². The summed E-state index contributed by atoms with van der Waals surface area (Å²) >= 11 is 0. The fourth-order valence-corrected chi connectivity index (χ4v) is 3.48. The van der Waals surface area contributed by atoms with Crippen molar-refractivity contribution in [3.63, 3.8) is 0 Å². The zero-order valence-electron chi connectivity index (χ0n) is 16.2. The third-order valence-electron chi connectivity index (χ3n) is 5.16. The van der Waals surface area contributed by atoms with E-state index in [9.17, 15) is 4.79 Å². The Morgan fingerprint density at radius 2 is 1.54 bits per heavy atom. The summed E-state index contributed by atoms with van der Waals surface area (Å²) in [5.41, 5.74) is 2.83. The molecule has 5 nitrogen and oxygen atoms in total. The van der Waals surface area contributed by atoms with Crippen LogP contribution in [0.15, 0.2) is 65.1 Å². The minimum atomic E-state index is 0.175. The lowest BCUT2D eigenvalue weighted by molar-refractivity contribution is -0.132. The van der Waals surface area contributed by atoms with Crippen LogP contribution in [0.4, 0.5) is 0 Å². The van der Waals surface area contributed by atoms with Crippen LogP contribution in [0.1, 0.15) is 12.3 Å². The van der Waals surface area contributed by atoms with E-state index in [0.29, 0.717) is 18.7 Å². The summed E-state index contributed by atoms with van der Waals surface area (Å²) in [6, 6.07) is 20.0. The van der Waals surface area contributed by atoms with Crippen molar-refractivity contribution in [1.29, 1.82) is 0 Å². The van der Waals surface area contributed by atoms with Crippen molar-refractivity contribution in [2.45, 2.75) is 12.8 Å². The molecular weight excluding hydrogens is 350 g/mol. The van der Waals surface area contributed by atoms with Gasteiger partial charge in [-0.3, -0.25) is 4.79 Å². The highest BCUT2D eigenvalue weighted by atomic mass is 16.4. The van der Waals surface area contributed by atoms with Gasteiger partial charge in [-0.15, -0.1) is 0 Å². The van der Waals surface area contributed by atoms with E-state index in [0.717, 1.165) is 48.8 Å². The van der Waals surface area contributed by atoms with Crippen LogP contribution < -0.4 is 0 Å². The smallest absolute Gasteiger partial charge is 0.223 e. The van der Waals surface area contributed by atoms with E-state index >= 15 is 0 Å². The van der Waals surface area contributed by atoms with Gasteiger partial charge in [0.05, 0.1) is 0 Å². The first-order valence-electron chi connectivity index (χ1n) is 9.77. The van der Waals surface area contributed by atoms with Crippen LogP contribution in [0.3, 0.4) is 0 Å². The van der Waals surface area contributed by atoms with Crippen LogP contribution in [0.5, 0.6) is 0 Å². The van der Waals surface area contributed by atoms with Crippen molar-refractivity contribution >= 4 is 5.91 Å². The van der Waals surface area contributed by atoms with Crippen molar-refractivity contribution < 1.29 is 9.21 Å². The average Bonchev–Trinajstić information content (AvgIpc) is 3.18. The van der Waals surface area contributed by atoms with Gasteiger partial charge in [0, 0.05) is 50.1 Å². The molecule has 1 aliphatic heterocycles. The normalized spacial score (nSPS) is 15.0. The molecule has 1 amide bonds. The lowest BCUT2D eigenvalue weighted by Crippen LogP contribution is -2.47. The number of carbonyl (C=O) groups excluding carboxylic acids is 1. The van der Waals surface area contributed by atoms with E-state index in [1.54, 1.807) is 0 Å². The van der Waals surface area contributed by atoms with E-state index in [1.807, 2.05) is 65.6 Å². The highest BCUT2D eigenvalue weighted by molar-refractivity contribution is 5.78. The predicted molar refractivity (Wildman–Crippen MR) is 110 cm³/mol. The highest BCUT2D eigenvalue weighted by Gasteiger charge is 2.21. The molecule has 28 heavy (non-hydrogen) atoms. The SMILES string of the molecule is CN1CCN(C(=O)CCc2nc(-c3ccccc3)c(-c3ccccc3)o2)CC1. The second-order valence-corrected chi connectivity index (χ2v) is 7.20. The van der Waals surface area contributed by atoms with Crippen molar-refractivity contribution in [2.75, 3.05) is 33.2 Å². The van der Waals surface area contributed by atoms with E-state index in [4.69, 9.17) is 9.40 Å². The fraction of sp³-hybridized carbons (Fsp3) is 0.304. The first-order chi connectivity index (χ1) is 13.7. The molecule has 0 aliphatic carbocycles. The first-order valence-corrected chi connectivity index (χ1v) is 9.77. The molecule has 0 unspecified atom stereocenters. The van der Waals surface area contributed by atoms with Gasteiger partial charge in [0.15, 0.2) is 11.7 Å². The summed E-state index contributed by atoms with van der Waals surface area (Å²) in [4.78, 5) is 21.5. The molecule has 2 heterocycles. The lowest BCUT2D eigenvalue weighted by atomic mass is 10.1. The van der Waals surface area contributed by atoms with Gasteiger partial charge >= 0.3 is 0 Å². The Bertz CT molecular complexity index is 857. The quantitative estimate of drug-likeness (QED) is 0.682. The summed E-state index contributed by atoms with van der Waals surface area (Å²) in [5.74, 6) is 1.54. The number of hydrogen-bond donors (Lipinski definition) is 0. The van der Waals surface area contributed by atoms with E-state index < -0.39 is 0 Å². The van der Waals surface area contributed by atoms with Crippen molar-refractivity contribution in [3.05, 3.63) is 66.6 Å². The van der Waals surface area contributed by atoms with Crippen molar-refractivity contribution in [2.24, 2.45) is 0 Å². The average molecular weight is 375 g/mol. The number of aromatic nitrogens is 1. The molecule has 0 atom stereocenters. The van der Waals surface area contributed by atoms with E-state index in [2.05, 4.69) is 11.9 Å². The van der Waals surface area contributed by atoms with Gasteiger partial charge in [0.1, 0.15) is 5.69 Å². The predicted octanol–water partition coefficient (Wildman–Crippen LogP) is 3.72. The maximum Gasteiger partial charge on any atom is 0.223 e. The third-order valence-corrected chi connectivity index (χ3v) is 5.16. The van der Waals surface area contributed by atoms with Gasteiger partial charge < -0.3 is 14.2 Å². The number of amides is 1. The second-order valence-electron chi connectivity index (χ2n) is 7.20. The minimum Gasteiger partial charge on any atom is -0.440 e. The monoisotopic (exact) mass is 375 g/mol. The first kappa shape index (κ1) is 18.4. The molecule has 0 bridgehead atoms. The number of rotatable bonds is 5. The number of piperazine rings is 1. The maximum atomic E-state index is 12.5. The Kier molecular flexibility index (Phi) is 5.53. The van der Waals surface area contributed by atoms with E-state index in [-0.39, 0.29) is 5.91 Å². The molecule has 4 rings (SSSR count). The standard InChI is InChI=1S/C23H25N3O2/c1-25-14-16-26(17-15-25)21(27)13-12-20-24-22(18-8-4-2-5-9-18)23(28-20)19-10-6-3-7-11-19/h2-11H,12-17H2,1H3. The number of benzene rings is 2. The van der Waals surface area contributed by atoms with Gasteiger partial charge in [-0.25, -0.2) is 4.98 Å². The van der Waals surface area contributed by atoms with Gasteiger partial charge in [0.2, 0.25) is 5.91 Å². The number of nitrogens with zero attached hydrogens (tertiary/aromatic N) is 3. The van der Waals surface area contributed by atoms with E-state index in [1.165, 1.54) is 0 Å². The molecule has 2 aromatic carbocycles. The van der Waals surface area contributed by atoms with Crippen LogP contribution in [0, 0.1) is 0 Å². The molecule has 1 saturated heterocycles. The Morgan fingerprint density at radius 3 is 2.18 bits per heavy atom. The maximum absolute atomic E-state index is 12.5. The number of aryl methyl sites for hydroxylation is 1. The summed E-state index contributed by atoms with van der Waals surface area (Å²) < 4.78 is 6.12. The van der Waals surface area contributed by atoms with Crippen molar-refractivity contribution in [1.82, 2.24) is 14.8 Å². The summed E-state index contributed by atoms with van der Waals surface area (Å²) in [6.45, 7) is 3.46. The molecule has 3 aromatic rings. The molecule has 0 saturated carbocycles. The molecule has 144 valence electrons. The third kappa shape index (κ3) is 4.15. The van der Waals surface area contributed by atoms with Gasteiger partial charge in [-0.1, -0.05) is 60.7 Å². The Hall–Kier alpha value is -2.92. The van der Waals surface area contributed by atoms with Crippen LogP contribution in [0.2, 0.25) is 0 Å². The molecular formula is C23H25N3O2. The molecule has 0 N–H and O–H groups in total. The molecule has 1 aromatic heterocycles. The summed E-state index contributed by atoms with van der Waals surface area (Å²) in [7, 11) is 2.09. The number of likely N-dealkylation sites (N-methyl/N-ethyl adjacent to an activating group) is 1. The Balaban J connectivity index is 1.53. The highest BCUT2D eigenvalue weighted by Crippen LogP contribution is 2.32. The molecule has 5 heteroatoms. The summed E-state index contributed by atoms with van der Waals surface area (Å²) in [6.07, 6.45) is 0.935.